The van der Waals surface area contributed by atoms with Gasteiger partial charge in [-0.25, -0.2) is 4.98 Å². The molecular weight excluding hydrogens is 234 g/mol. The number of carbonyl (C=O) groups excluding carboxylic acids is 1. The first-order valence-electron chi connectivity index (χ1n) is 6.21. The molecule has 0 saturated carbocycles. The molecule has 2 rings (SSSR count). The van der Waals surface area contributed by atoms with Gasteiger partial charge < -0.3 is 10.6 Å². The van der Waals surface area contributed by atoms with Crippen molar-refractivity contribution in [2.24, 2.45) is 5.92 Å². The molecule has 17 heavy (non-hydrogen) atoms. The van der Waals surface area contributed by atoms with Gasteiger partial charge in [-0.15, -0.1) is 11.3 Å². The van der Waals surface area contributed by atoms with E-state index >= 15 is 0 Å². The van der Waals surface area contributed by atoms with Gasteiger partial charge in [-0.3, -0.25) is 4.79 Å². The van der Waals surface area contributed by atoms with E-state index in [1.165, 1.54) is 4.88 Å². The highest BCUT2D eigenvalue weighted by molar-refractivity contribution is 7.11. The molecule has 1 aromatic rings. The Bertz CT molecular complexity index is 372. The molecule has 94 valence electrons. The zero-order valence-corrected chi connectivity index (χ0v) is 11.0. The van der Waals surface area contributed by atoms with Crippen LogP contribution in [-0.2, 0) is 17.6 Å². The molecule has 1 aliphatic rings. The highest BCUT2D eigenvalue weighted by Crippen LogP contribution is 2.13. The molecule has 2 N–H and O–H groups in total. The molecule has 1 atom stereocenters. The number of carbonyl (C=O) groups is 1. The Morgan fingerprint density at radius 2 is 2.59 bits per heavy atom. The minimum absolute atomic E-state index is 0.164. The van der Waals surface area contributed by atoms with Gasteiger partial charge in [-0.2, -0.15) is 0 Å². The number of aryl methyl sites for hydroxylation is 1. The SMILES string of the molecule is CCc1cnc(CCNC(=O)C2CCNC2)s1. The van der Waals surface area contributed by atoms with Crippen LogP contribution in [0.5, 0.6) is 0 Å². The van der Waals surface area contributed by atoms with Crippen LogP contribution in [-0.4, -0.2) is 30.5 Å². The first-order chi connectivity index (χ1) is 8.29. The molecule has 0 aliphatic carbocycles. The first-order valence-corrected chi connectivity index (χ1v) is 7.03. The van der Waals surface area contributed by atoms with E-state index in [2.05, 4.69) is 22.5 Å². The van der Waals surface area contributed by atoms with Crippen molar-refractivity contribution in [3.05, 3.63) is 16.1 Å². The third kappa shape index (κ3) is 3.51. The monoisotopic (exact) mass is 253 g/mol. The molecule has 4 nitrogen and oxygen atoms in total. The van der Waals surface area contributed by atoms with Gasteiger partial charge in [0.15, 0.2) is 0 Å². The number of nitrogens with zero attached hydrogens (tertiary/aromatic N) is 1. The Hall–Kier alpha value is -0.940. The minimum atomic E-state index is 0.164. The average molecular weight is 253 g/mol. The Labute approximate surface area is 106 Å². The summed E-state index contributed by atoms with van der Waals surface area (Å²) in [7, 11) is 0. The van der Waals surface area contributed by atoms with E-state index in [1.54, 1.807) is 11.3 Å². The normalized spacial score (nSPS) is 19.5. The molecule has 0 bridgehead atoms. The van der Waals surface area contributed by atoms with Crippen LogP contribution < -0.4 is 10.6 Å². The summed E-state index contributed by atoms with van der Waals surface area (Å²) in [4.78, 5) is 17.4. The Balaban J connectivity index is 1.69. The second-order valence-corrected chi connectivity index (χ2v) is 5.50. The number of thiazole rings is 1. The molecule has 0 radical (unpaired) electrons. The molecule has 2 heterocycles. The average Bonchev–Trinajstić information content (AvgIpc) is 3.00. The van der Waals surface area contributed by atoms with Crippen LogP contribution in [0.4, 0.5) is 0 Å². The Morgan fingerprint density at radius 1 is 1.71 bits per heavy atom. The van der Waals surface area contributed by atoms with Crippen molar-refractivity contribution in [2.45, 2.75) is 26.2 Å². The molecule has 1 amide bonds. The zero-order valence-electron chi connectivity index (χ0n) is 10.2. The summed E-state index contributed by atoms with van der Waals surface area (Å²) in [5.74, 6) is 0.347. The third-order valence-electron chi connectivity index (χ3n) is 3.02. The van der Waals surface area contributed by atoms with E-state index in [0.717, 1.165) is 37.4 Å². The maximum atomic E-state index is 11.7. The standard InChI is InChI=1S/C12H19N3OS/c1-2-10-8-15-11(17-10)4-6-14-12(16)9-3-5-13-7-9/h8-9,13H,2-7H2,1H3,(H,14,16). The van der Waals surface area contributed by atoms with E-state index < -0.39 is 0 Å². The number of amides is 1. The highest BCUT2D eigenvalue weighted by Gasteiger charge is 2.21. The molecule has 1 fully saturated rings. The summed E-state index contributed by atoms with van der Waals surface area (Å²) in [5, 5.41) is 7.31. The lowest BCUT2D eigenvalue weighted by Gasteiger charge is -2.08. The van der Waals surface area contributed by atoms with Crippen molar-refractivity contribution in [3.8, 4) is 0 Å². The number of nitrogens with one attached hydrogen (secondary N) is 2. The second-order valence-electron chi connectivity index (χ2n) is 4.30. The maximum Gasteiger partial charge on any atom is 0.224 e. The van der Waals surface area contributed by atoms with Gasteiger partial charge in [0.1, 0.15) is 0 Å². The van der Waals surface area contributed by atoms with Crippen molar-refractivity contribution < 1.29 is 4.79 Å². The predicted octanol–water partition coefficient (Wildman–Crippen LogP) is 0.974. The fourth-order valence-electron chi connectivity index (χ4n) is 1.94. The van der Waals surface area contributed by atoms with Crippen LogP contribution in [0.1, 0.15) is 23.2 Å². The number of hydrogen-bond donors (Lipinski definition) is 2. The smallest absolute Gasteiger partial charge is 0.224 e. The molecule has 0 spiro atoms. The van der Waals surface area contributed by atoms with Crippen LogP contribution in [0.25, 0.3) is 0 Å². The molecule has 0 aromatic carbocycles. The van der Waals surface area contributed by atoms with Crippen LogP contribution in [0.2, 0.25) is 0 Å². The largest absolute Gasteiger partial charge is 0.355 e. The van der Waals surface area contributed by atoms with Crippen molar-refractivity contribution >= 4 is 17.2 Å². The topological polar surface area (TPSA) is 54.0 Å². The zero-order chi connectivity index (χ0) is 12.1. The Morgan fingerprint density at radius 3 is 3.24 bits per heavy atom. The molecule has 1 aliphatic heterocycles. The highest BCUT2D eigenvalue weighted by atomic mass is 32.1. The number of hydrogen-bond acceptors (Lipinski definition) is 4. The van der Waals surface area contributed by atoms with Crippen molar-refractivity contribution in [1.29, 1.82) is 0 Å². The van der Waals surface area contributed by atoms with Gasteiger partial charge in [0.2, 0.25) is 5.91 Å². The van der Waals surface area contributed by atoms with E-state index in [0.29, 0.717) is 6.54 Å². The van der Waals surface area contributed by atoms with Crippen LogP contribution >= 0.6 is 11.3 Å². The third-order valence-corrected chi connectivity index (χ3v) is 4.22. The molecular formula is C12H19N3OS. The Kier molecular flexibility index (Phi) is 4.50. The summed E-state index contributed by atoms with van der Waals surface area (Å²) in [5.41, 5.74) is 0. The summed E-state index contributed by atoms with van der Waals surface area (Å²) >= 11 is 1.74. The second kappa shape index (κ2) is 6.12. The van der Waals surface area contributed by atoms with Gasteiger partial charge in [0.25, 0.3) is 0 Å². The fraction of sp³-hybridized carbons (Fsp3) is 0.667. The van der Waals surface area contributed by atoms with Gasteiger partial charge >= 0.3 is 0 Å². The van der Waals surface area contributed by atoms with Crippen molar-refractivity contribution in [3.63, 3.8) is 0 Å². The lowest BCUT2D eigenvalue weighted by Crippen LogP contribution is -2.33. The fourth-order valence-corrected chi connectivity index (χ4v) is 2.80. The summed E-state index contributed by atoms with van der Waals surface area (Å²) < 4.78 is 0. The van der Waals surface area contributed by atoms with Gasteiger partial charge in [-0.05, 0) is 19.4 Å². The van der Waals surface area contributed by atoms with Gasteiger partial charge in [0.05, 0.1) is 10.9 Å². The maximum absolute atomic E-state index is 11.7. The van der Waals surface area contributed by atoms with Crippen LogP contribution in [0, 0.1) is 5.92 Å². The van der Waals surface area contributed by atoms with Crippen molar-refractivity contribution in [2.75, 3.05) is 19.6 Å². The minimum Gasteiger partial charge on any atom is -0.355 e. The summed E-state index contributed by atoms with van der Waals surface area (Å²) in [6.07, 6.45) is 4.78. The van der Waals surface area contributed by atoms with Crippen molar-refractivity contribution in [1.82, 2.24) is 15.6 Å². The van der Waals surface area contributed by atoms with E-state index in [4.69, 9.17) is 0 Å². The number of aromatic nitrogens is 1. The number of rotatable bonds is 5. The molecule has 1 saturated heterocycles. The molecule has 1 aromatic heterocycles. The summed E-state index contributed by atoms with van der Waals surface area (Å²) in [6, 6.07) is 0. The van der Waals surface area contributed by atoms with E-state index in [-0.39, 0.29) is 11.8 Å². The predicted molar refractivity (Wildman–Crippen MR) is 69.2 cm³/mol. The van der Waals surface area contributed by atoms with Gasteiger partial charge in [-0.1, -0.05) is 6.92 Å². The molecule has 1 unspecified atom stereocenters. The van der Waals surface area contributed by atoms with Crippen LogP contribution in [0.3, 0.4) is 0 Å². The van der Waals surface area contributed by atoms with Gasteiger partial charge in [0, 0.05) is 30.6 Å². The summed E-state index contributed by atoms with van der Waals surface area (Å²) in [6.45, 7) is 4.62. The van der Waals surface area contributed by atoms with E-state index in [9.17, 15) is 4.79 Å². The lowest BCUT2D eigenvalue weighted by atomic mass is 10.1. The molecule has 5 heteroatoms. The quantitative estimate of drug-likeness (QED) is 0.822. The first kappa shape index (κ1) is 12.5. The van der Waals surface area contributed by atoms with E-state index in [1.807, 2.05) is 6.20 Å². The van der Waals surface area contributed by atoms with Crippen LogP contribution in [0.15, 0.2) is 6.20 Å². The lowest BCUT2D eigenvalue weighted by molar-refractivity contribution is -0.124.